The van der Waals surface area contributed by atoms with Crippen LogP contribution in [0.25, 0.3) is 0 Å². The van der Waals surface area contributed by atoms with Gasteiger partial charge in [0.1, 0.15) is 12.1 Å². The first-order valence-corrected chi connectivity index (χ1v) is 9.33. The summed E-state index contributed by atoms with van der Waals surface area (Å²) in [5.74, 6) is -0.0197. The monoisotopic (exact) mass is 361 g/mol. The summed E-state index contributed by atoms with van der Waals surface area (Å²) in [5, 5.41) is 5.69. The highest BCUT2D eigenvalue weighted by Gasteiger charge is 2.45. The second kappa shape index (κ2) is 9.14. The molecule has 1 heterocycles. The molecule has 4 N–H and O–H groups in total. The van der Waals surface area contributed by atoms with Gasteiger partial charge in [-0.05, 0) is 38.2 Å². The molecule has 6 nitrogen and oxygen atoms in total. The summed E-state index contributed by atoms with van der Waals surface area (Å²) in [6.45, 7) is 7.57. The average molecular weight is 361 g/mol. The molecule has 6 heteroatoms. The smallest absolute Gasteiger partial charge is 0.242 e. The van der Waals surface area contributed by atoms with Crippen LogP contribution in [0.4, 0.5) is 0 Å². The van der Waals surface area contributed by atoms with Crippen molar-refractivity contribution in [3.8, 4) is 0 Å². The topological polar surface area (TPSA) is 96.7 Å². The van der Waals surface area contributed by atoms with Crippen LogP contribution in [-0.4, -0.2) is 42.1 Å². The number of epoxide rings is 1. The number of benzene rings is 1. The molecule has 2 rings (SSSR count). The molecule has 0 aliphatic carbocycles. The Kier molecular flexibility index (Phi) is 7.17. The van der Waals surface area contributed by atoms with E-state index < -0.39 is 12.1 Å². The lowest BCUT2D eigenvalue weighted by Crippen LogP contribution is -2.52. The third-order valence-corrected chi connectivity index (χ3v) is 4.51. The lowest BCUT2D eigenvalue weighted by molar-refractivity contribution is -0.129. The van der Waals surface area contributed by atoms with Crippen molar-refractivity contribution in [2.45, 2.75) is 70.9 Å². The number of nitrogens with one attached hydrogen (secondary N) is 2. The number of amides is 2. The lowest BCUT2D eigenvalue weighted by Gasteiger charge is -2.21. The fourth-order valence-corrected chi connectivity index (χ4v) is 3.00. The largest absolute Gasteiger partial charge is 0.367 e. The van der Waals surface area contributed by atoms with E-state index in [1.807, 2.05) is 30.3 Å². The highest BCUT2D eigenvalue weighted by Crippen LogP contribution is 2.32. The summed E-state index contributed by atoms with van der Waals surface area (Å²) >= 11 is 0. The summed E-state index contributed by atoms with van der Waals surface area (Å²) in [4.78, 5) is 24.3. The third kappa shape index (κ3) is 6.11. The van der Waals surface area contributed by atoms with E-state index in [-0.39, 0.29) is 30.1 Å². The molecule has 5 atom stereocenters. The SMILES string of the molecule is CC(C)C[C@@H]1O[C@@H]1[C@H](Cc1ccccc1)NC(=O)[C@H](C)NC(=O)[C@H](C)N. The van der Waals surface area contributed by atoms with E-state index in [1.165, 1.54) is 0 Å². The Morgan fingerprint density at radius 1 is 1.08 bits per heavy atom. The number of hydrogen-bond donors (Lipinski definition) is 3. The van der Waals surface area contributed by atoms with Crippen LogP contribution in [0.5, 0.6) is 0 Å². The molecular formula is C20H31N3O3. The maximum Gasteiger partial charge on any atom is 0.242 e. The quantitative estimate of drug-likeness (QED) is 0.579. The van der Waals surface area contributed by atoms with Gasteiger partial charge >= 0.3 is 0 Å². The summed E-state index contributed by atoms with van der Waals surface area (Å²) in [6, 6.07) is 8.61. The number of ether oxygens (including phenoxy) is 1. The van der Waals surface area contributed by atoms with E-state index in [4.69, 9.17) is 10.5 Å². The molecular weight excluding hydrogens is 330 g/mol. The van der Waals surface area contributed by atoms with Gasteiger partial charge in [-0.25, -0.2) is 0 Å². The van der Waals surface area contributed by atoms with Gasteiger partial charge in [-0.15, -0.1) is 0 Å². The van der Waals surface area contributed by atoms with Crippen molar-refractivity contribution in [2.24, 2.45) is 11.7 Å². The van der Waals surface area contributed by atoms with Gasteiger partial charge in [-0.3, -0.25) is 9.59 Å². The molecule has 1 aliphatic rings. The van der Waals surface area contributed by atoms with E-state index in [1.54, 1.807) is 13.8 Å². The maximum absolute atomic E-state index is 12.5. The highest BCUT2D eigenvalue weighted by atomic mass is 16.6. The molecule has 0 bridgehead atoms. The molecule has 144 valence electrons. The minimum absolute atomic E-state index is 0.0119. The van der Waals surface area contributed by atoms with Crippen molar-refractivity contribution >= 4 is 11.8 Å². The minimum Gasteiger partial charge on any atom is -0.367 e. The van der Waals surface area contributed by atoms with Crippen LogP contribution in [0.2, 0.25) is 0 Å². The molecule has 1 fully saturated rings. The van der Waals surface area contributed by atoms with Crippen LogP contribution in [0.1, 0.15) is 39.7 Å². The van der Waals surface area contributed by atoms with Crippen LogP contribution in [0.15, 0.2) is 30.3 Å². The average Bonchev–Trinajstić information content (AvgIpc) is 3.33. The van der Waals surface area contributed by atoms with Crippen LogP contribution in [-0.2, 0) is 20.7 Å². The molecule has 1 saturated heterocycles. The predicted molar refractivity (Wildman–Crippen MR) is 101 cm³/mol. The van der Waals surface area contributed by atoms with Crippen molar-refractivity contribution in [1.29, 1.82) is 0 Å². The number of hydrogen-bond acceptors (Lipinski definition) is 4. The number of carbonyl (C=O) groups is 2. The standard InChI is InChI=1S/C20H31N3O3/c1-12(2)10-17-18(26-17)16(11-15-8-6-5-7-9-15)23-20(25)14(4)22-19(24)13(3)21/h5-9,12-14,16-18H,10-11,21H2,1-4H3,(H,22,24)(H,23,25)/t13-,14-,16-,17-,18+/m0/s1. The van der Waals surface area contributed by atoms with E-state index >= 15 is 0 Å². The number of carbonyl (C=O) groups excluding carboxylic acids is 2. The van der Waals surface area contributed by atoms with E-state index in [2.05, 4.69) is 24.5 Å². The normalized spacial score (nSPS) is 22.4. The second-order valence-electron chi connectivity index (χ2n) is 7.59. The van der Waals surface area contributed by atoms with Gasteiger partial charge in [0.2, 0.25) is 11.8 Å². The van der Waals surface area contributed by atoms with Gasteiger partial charge in [-0.1, -0.05) is 44.2 Å². The summed E-state index contributed by atoms with van der Waals surface area (Å²) in [6.07, 6.45) is 1.86. The fourth-order valence-electron chi connectivity index (χ4n) is 3.00. The van der Waals surface area contributed by atoms with E-state index in [0.29, 0.717) is 12.3 Å². The van der Waals surface area contributed by atoms with E-state index in [0.717, 1.165) is 12.0 Å². The Bertz CT molecular complexity index is 604. The summed E-state index contributed by atoms with van der Waals surface area (Å²) in [5.41, 5.74) is 6.69. The van der Waals surface area contributed by atoms with Gasteiger partial charge < -0.3 is 21.1 Å². The van der Waals surface area contributed by atoms with Gasteiger partial charge in [-0.2, -0.15) is 0 Å². The van der Waals surface area contributed by atoms with Crippen LogP contribution in [0, 0.1) is 5.92 Å². The lowest BCUT2D eigenvalue weighted by atomic mass is 9.98. The van der Waals surface area contributed by atoms with Crippen molar-refractivity contribution in [3.05, 3.63) is 35.9 Å². The zero-order valence-electron chi connectivity index (χ0n) is 16.1. The molecule has 0 unspecified atom stereocenters. The maximum atomic E-state index is 12.5. The Balaban J connectivity index is 1.99. The molecule has 0 spiro atoms. The Morgan fingerprint density at radius 3 is 2.31 bits per heavy atom. The zero-order chi connectivity index (χ0) is 19.3. The van der Waals surface area contributed by atoms with Crippen LogP contribution >= 0.6 is 0 Å². The Morgan fingerprint density at radius 2 is 1.73 bits per heavy atom. The second-order valence-corrected chi connectivity index (χ2v) is 7.59. The van der Waals surface area contributed by atoms with Gasteiger partial charge in [0.15, 0.2) is 0 Å². The third-order valence-electron chi connectivity index (χ3n) is 4.51. The molecule has 0 saturated carbocycles. The molecule has 26 heavy (non-hydrogen) atoms. The molecule has 1 aliphatic heterocycles. The molecule has 1 aromatic carbocycles. The molecule has 2 amide bonds. The summed E-state index contributed by atoms with van der Waals surface area (Å²) < 4.78 is 5.84. The number of rotatable bonds is 9. The van der Waals surface area contributed by atoms with Gasteiger partial charge in [0.25, 0.3) is 0 Å². The Labute approximate surface area is 155 Å². The first kappa shape index (κ1) is 20.4. The van der Waals surface area contributed by atoms with Crippen molar-refractivity contribution in [3.63, 3.8) is 0 Å². The number of nitrogens with two attached hydrogens (primary N) is 1. The van der Waals surface area contributed by atoms with Crippen molar-refractivity contribution in [2.75, 3.05) is 0 Å². The fraction of sp³-hybridized carbons (Fsp3) is 0.600. The van der Waals surface area contributed by atoms with Gasteiger partial charge in [0, 0.05) is 0 Å². The molecule has 0 radical (unpaired) electrons. The van der Waals surface area contributed by atoms with Gasteiger partial charge in [0.05, 0.1) is 18.2 Å². The predicted octanol–water partition coefficient (Wildman–Crippen LogP) is 1.38. The zero-order valence-corrected chi connectivity index (χ0v) is 16.1. The van der Waals surface area contributed by atoms with Crippen molar-refractivity contribution in [1.82, 2.24) is 10.6 Å². The highest BCUT2D eigenvalue weighted by molar-refractivity contribution is 5.89. The first-order valence-electron chi connectivity index (χ1n) is 9.33. The summed E-state index contributed by atoms with van der Waals surface area (Å²) in [7, 11) is 0. The van der Waals surface area contributed by atoms with Crippen LogP contribution < -0.4 is 16.4 Å². The minimum atomic E-state index is -0.646. The first-order chi connectivity index (χ1) is 12.3. The van der Waals surface area contributed by atoms with E-state index in [9.17, 15) is 9.59 Å². The molecule has 1 aromatic rings. The molecule has 0 aromatic heterocycles. The Hall–Kier alpha value is -1.92. The van der Waals surface area contributed by atoms with Crippen LogP contribution in [0.3, 0.4) is 0 Å². The van der Waals surface area contributed by atoms with Crippen molar-refractivity contribution < 1.29 is 14.3 Å².